The summed E-state index contributed by atoms with van der Waals surface area (Å²) in [6.45, 7) is 0. The van der Waals surface area contributed by atoms with Gasteiger partial charge in [0.25, 0.3) is 0 Å². The van der Waals surface area contributed by atoms with Crippen molar-refractivity contribution >= 4 is 23.1 Å². The van der Waals surface area contributed by atoms with E-state index in [1.807, 2.05) is 35.3 Å². The molecule has 0 saturated carbocycles. The molecule has 48 valence electrons. The van der Waals surface area contributed by atoms with Crippen LogP contribution in [-0.2, 0) is 3.10 Å². The van der Waals surface area contributed by atoms with Crippen LogP contribution in [0.4, 0.5) is 0 Å². The van der Waals surface area contributed by atoms with Crippen molar-refractivity contribution in [2.24, 2.45) is 0 Å². The second kappa shape index (κ2) is 3.10. The molecule has 0 N–H and O–H groups in total. The summed E-state index contributed by atoms with van der Waals surface area (Å²) in [5, 5.41) is 0. The first-order chi connectivity index (χ1) is 4.30. The second-order valence-corrected chi connectivity index (χ2v) is 5.70. The van der Waals surface area contributed by atoms with Crippen LogP contribution >= 0.6 is 0 Å². The third-order valence-electron chi connectivity index (χ3n) is 1.08. The Balaban J connectivity index is 2.98. The van der Waals surface area contributed by atoms with Crippen LogP contribution in [0.5, 0.6) is 0 Å². The maximum atomic E-state index is 10.9. The summed E-state index contributed by atoms with van der Waals surface area (Å²) in [5.41, 5.74) is 0. The zero-order valence-electron chi connectivity index (χ0n) is 5.20. The van der Waals surface area contributed by atoms with E-state index in [-0.39, 0.29) is 0 Å². The summed E-state index contributed by atoms with van der Waals surface area (Å²) >= 11 is -2.04. The van der Waals surface area contributed by atoms with E-state index < -0.39 is 19.5 Å². The Morgan fingerprint density at radius 3 is 2.11 bits per heavy atom. The molecule has 0 radical (unpaired) electrons. The molecule has 1 nitrogen and oxygen atoms in total. The van der Waals surface area contributed by atoms with Crippen molar-refractivity contribution in [1.82, 2.24) is 0 Å². The molecule has 1 aromatic rings. The third-order valence-corrected chi connectivity index (χ3v) is 3.75. The van der Waals surface area contributed by atoms with E-state index in [2.05, 4.69) is 0 Å². The first-order valence-corrected chi connectivity index (χ1v) is 7.14. The van der Waals surface area contributed by atoms with Gasteiger partial charge in [0.05, 0.1) is 0 Å². The van der Waals surface area contributed by atoms with Gasteiger partial charge in [-0.05, 0) is 0 Å². The molecule has 9 heavy (non-hydrogen) atoms. The van der Waals surface area contributed by atoms with Crippen LogP contribution in [0, 0.1) is 0 Å². The van der Waals surface area contributed by atoms with Crippen LogP contribution in [0.25, 0.3) is 0 Å². The van der Waals surface area contributed by atoms with Crippen molar-refractivity contribution in [2.75, 3.05) is 0 Å². The first-order valence-electron chi connectivity index (χ1n) is 2.69. The SMILES string of the molecule is C[Te](=O)c1ccccc1. The zero-order valence-corrected chi connectivity index (χ0v) is 7.53. The minimum atomic E-state index is -2.04. The Labute approximate surface area is 61.7 Å². The molecule has 0 atom stereocenters. The van der Waals surface area contributed by atoms with Crippen molar-refractivity contribution in [3.05, 3.63) is 30.3 Å². The van der Waals surface area contributed by atoms with Gasteiger partial charge in [0, 0.05) is 0 Å². The summed E-state index contributed by atoms with van der Waals surface area (Å²) in [6.07, 6.45) is 0. The fourth-order valence-corrected chi connectivity index (χ4v) is 2.15. The molecule has 0 aromatic heterocycles. The summed E-state index contributed by atoms with van der Waals surface area (Å²) in [7, 11) is 0. The van der Waals surface area contributed by atoms with Gasteiger partial charge in [0.2, 0.25) is 0 Å². The van der Waals surface area contributed by atoms with Crippen LogP contribution < -0.4 is 3.61 Å². The molecule has 0 saturated heterocycles. The van der Waals surface area contributed by atoms with Crippen molar-refractivity contribution in [3.63, 3.8) is 0 Å². The van der Waals surface area contributed by atoms with Crippen LogP contribution in [-0.4, -0.2) is 19.5 Å². The van der Waals surface area contributed by atoms with Gasteiger partial charge in [-0.15, -0.1) is 0 Å². The van der Waals surface area contributed by atoms with Crippen LogP contribution in [0.2, 0.25) is 4.97 Å². The maximum absolute atomic E-state index is 10.9. The Kier molecular flexibility index (Phi) is 2.38. The normalized spacial score (nSPS) is 10.0. The number of hydrogen-bond acceptors (Lipinski definition) is 1. The molecule has 0 aliphatic rings. The predicted octanol–water partition coefficient (Wildman–Crippen LogP) is 0.945. The van der Waals surface area contributed by atoms with Gasteiger partial charge in [0.1, 0.15) is 0 Å². The molecule has 0 amide bonds. The van der Waals surface area contributed by atoms with E-state index in [0.29, 0.717) is 0 Å². The molecule has 1 rings (SSSR count). The number of hydrogen-bond donors (Lipinski definition) is 0. The van der Waals surface area contributed by atoms with Gasteiger partial charge in [-0.3, -0.25) is 0 Å². The molecular weight excluding hydrogens is 228 g/mol. The van der Waals surface area contributed by atoms with Gasteiger partial charge in [0.15, 0.2) is 0 Å². The molecule has 0 aliphatic carbocycles. The summed E-state index contributed by atoms with van der Waals surface area (Å²) in [4.78, 5) is 1.82. The molecule has 0 fully saturated rings. The standard InChI is InChI=1S/C7H8OTe/c1-9(8)7-5-3-2-4-6-7/h2-6H,1H3. The van der Waals surface area contributed by atoms with E-state index in [9.17, 15) is 3.10 Å². The summed E-state index contributed by atoms with van der Waals surface area (Å²) < 4.78 is 11.9. The predicted molar refractivity (Wildman–Crippen MR) is 38.4 cm³/mol. The fourth-order valence-electron chi connectivity index (χ4n) is 0.612. The van der Waals surface area contributed by atoms with E-state index in [4.69, 9.17) is 0 Å². The molecule has 0 heterocycles. The van der Waals surface area contributed by atoms with Gasteiger partial charge >= 0.3 is 61.6 Å². The summed E-state index contributed by atoms with van der Waals surface area (Å²) in [5.74, 6) is 0. The van der Waals surface area contributed by atoms with Crippen LogP contribution in [0.15, 0.2) is 30.3 Å². The van der Waals surface area contributed by atoms with Crippen molar-refractivity contribution in [1.29, 1.82) is 0 Å². The van der Waals surface area contributed by atoms with Crippen molar-refractivity contribution in [3.8, 4) is 0 Å². The molecule has 0 aliphatic heterocycles. The molecular formula is C7H8OTe. The first kappa shape index (κ1) is 6.92. The molecule has 0 spiro atoms. The van der Waals surface area contributed by atoms with E-state index in [1.165, 1.54) is 0 Å². The monoisotopic (exact) mass is 238 g/mol. The Hall–Kier alpha value is -0.190. The summed E-state index contributed by atoms with van der Waals surface area (Å²) in [6, 6.07) is 9.62. The zero-order chi connectivity index (χ0) is 6.69. The van der Waals surface area contributed by atoms with E-state index >= 15 is 0 Å². The quantitative estimate of drug-likeness (QED) is 0.663. The van der Waals surface area contributed by atoms with Crippen LogP contribution in [0.1, 0.15) is 0 Å². The van der Waals surface area contributed by atoms with Gasteiger partial charge in [-0.2, -0.15) is 0 Å². The molecule has 0 unspecified atom stereocenters. The Morgan fingerprint density at radius 2 is 1.78 bits per heavy atom. The fraction of sp³-hybridized carbons (Fsp3) is 0.143. The van der Waals surface area contributed by atoms with Crippen LogP contribution in [0.3, 0.4) is 0 Å². The third kappa shape index (κ3) is 1.89. The van der Waals surface area contributed by atoms with Gasteiger partial charge < -0.3 is 0 Å². The van der Waals surface area contributed by atoms with Crippen molar-refractivity contribution < 1.29 is 3.10 Å². The number of rotatable bonds is 1. The Bertz CT molecular complexity index is 205. The van der Waals surface area contributed by atoms with E-state index in [0.717, 1.165) is 3.61 Å². The number of benzene rings is 1. The van der Waals surface area contributed by atoms with Crippen molar-refractivity contribution in [2.45, 2.75) is 4.97 Å². The topological polar surface area (TPSA) is 17.1 Å². The minimum absolute atomic E-state index is 1.03. The molecule has 2 heteroatoms. The average Bonchev–Trinajstić information content (AvgIpc) is 1.90. The van der Waals surface area contributed by atoms with E-state index in [1.54, 1.807) is 0 Å². The van der Waals surface area contributed by atoms with Gasteiger partial charge in [-0.25, -0.2) is 0 Å². The van der Waals surface area contributed by atoms with Gasteiger partial charge in [-0.1, -0.05) is 0 Å². The average molecular weight is 236 g/mol. The second-order valence-electron chi connectivity index (χ2n) is 1.77. The molecule has 1 aromatic carbocycles. The Morgan fingerprint density at radius 1 is 1.22 bits per heavy atom. The molecule has 0 bridgehead atoms.